The van der Waals surface area contributed by atoms with E-state index in [1.54, 1.807) is 35.3 Å². The zero-order chi connectivity index (χ0) is 17.4. The van der Waals surface area contributed by atoms with Gasteiger partial charge in [-0.2, -0.15) is 5.10 Å². The van der Waals surface area contributed by atoms with Gasteiger partial charge in [-0.05, 0) is 30.2 Å². The van der Waals surface area contributed by atoms with Gasteiger partial charge in [0.1, 0.15) is 5.69 Å². The molecular formula is C18H21N5OS. The maximum atomic E-state index is 12.6. The van der Waals surface area contributed by atoms with Crippen molar-refractivity contribution in [1.82, 2.24) is 19.7 Å². The van der Waals surface area contributed by atoms with Gasteiger partial charge in [0.15, 0.2) is 5.13 Å². The van der Waals surface area contributed by atoms with Crippen LogP contribution in [0.25, 0.3) is 10.2 Å². The highest BCUT2D eigenvalue weighted by atomic mass is 32.1. The van der Waals surface area contributed by atoms with Crippen LogP contribution in [0.2, 0.25) is 0 Å². The van der Waals surface area contributed by atoms with Crippen molar-refractivity contribution in [2.24, 2.45) is 7.05 Å². The SMILES string of the molecule is CCc1ccc2nc(N3CCN(C(=O)c4ccnn4C)CC3)sc2c1. The second-order valence-electron chi connectivity index (χ2n) is 6.27. The summed E-state index contributed by atoms with van der Waals surface area (Å²) in [7, 11) is 1.80. The van der Waals surface area contributed by atoms with Crippen LogP contribution in [-0.2, 0) is 13.5 Å². The number of aromatic nitrogens is 3. The van der Waals surface area contributed by atoms with E-state index in [0.29, 0.717) is 18.8 Å². The van der Waals surface area contributed by atoms with Gasteiger partial charge in [-0.25, -0.2) is 4.98 Å². The molecule has 0 aliphatic carbocycles. The van der Waals surface area contributed by atoms with Crippen LogP contribution in [0.5, 0.6) is 0 Å². The van der Waals surface area contributed by atoms with Crippen LogP contribution < -0.4 is 4.90 Å². The maximum Gasteiger partial charge on any atom is 0.272 e. The number of piperazine rings is 1. The first-order valence-corrected chi connectivity index (χ1v) is 9.39. The largest absolute Gasteiger partial charge is 0.345 e. The minimum Gasteiger partial charge on any atom is -0.345 e. The number of carbonyl (C=O) groups excluding carboxylic acids is 1. The van der Waals surface area contributed by atoms with Gasteiger partial charge in [0, 0.05) is 39.4 Å². The van der Waals surface area contributed by atoms with E-state index in [1.807, 2.05) is 4.90 Å². The molecule has 130 valence electrons. The molecule has 7 heteroatoms. The molecular weight excluding hydrogens is 334 g/mol. The van der Waals surface area contributed by atoms with Crippen molar-refractivity contribution in [2.75, 3.05) is 31.1 Å². The van der Waals surface area contributed by atoms with Gasteiger partial charge in [0.05, 0.1) is 10.2 Å². The molecule has 0 radical (unpaired) electrons. The average Bonchev–Trinajstić information content (AvgIpc) is 3.26. The topological polar surface area (TPSA) is 54.3 Å². The first-order chi connectivity index (χ1) is 12.2. The molecule has 3 heterocycles. The molecule has 25 heavy (non-hydrogen) atoms. The van der Waals surface area contributed by atoms with Crippen molar-refractivity contribution >= 4 is 32.6 Å². The summed E-state index contributed by atoms with van der Waals surface area (Å²) in [6.07, 6.45) is 2.70. The van der Waals surface area contributed by atoms with E-state index in [2.05, 4.69) is 35.1 Å². The van der Waals surface area contributed by atoms with E-state index >= 15 is 0 Å². The quantitative estimate of drug-likeness (QED) is 0.725. The minimum atomic E-state index is 0.0523. The third-order valence-corrected chi connectivity index (χ3v) is 5.81. The molecule has 0 unspecified atom stereocenters. The zero-order valence-electron chi connectivity index (χ0n) is 14.5. The van der Waals surface area contributed by atoms with E-state index in [4.69, 9.17) is 4.98 Å². The predicted molar refractivity (Wildman–Crippen MR) is 100 cm³/mol. The monoisotopic (exact) mass is 355 g/mol. The van der Waals surface area contributed by atoms with Crippen molar-refractivity contribution < 1.29 is 4.79 Å². The zero-order valence-corrected chi connectivity index (χ0v) is 15.3. The average molecular weight is 355 g/mol. The predicted octanol–water partition coefficient (Wildman–Crippen LogP) is 2.55. The molecule has 1 aliphatic heterocycles. The van der Waals surface area contributed by atoms with E-state index in [1.165, 1.54) is 10.3 Å². The Balaban J connectivity index is 1.46. The molecule has 0 atom stereocenters. The second kappa shape index (κ2) is 6.48. The molecule has 1 aliphatic rings. The number of hydrogen-bond donors (Lipinski definition) is 0. The summed E-state index contributed by atoms with van der Waals surface area (Å²) in [5.74, 6) is 0.0523. The Morgan fingerprint density at radius 1 is 1.20 bits per heavy atom. The summed E-state index contributed by atoms with van der Waals surface area (Å²) in [4.78, 5) is 21.5. The smallest absolute Gasteiger partial charge is 0.272 e. The summed E-state index contributed by atoms with van der Waals surface area (Å²) in [5.41, 5.74) is 3.04. The van der Waals surface area contributed by atoms with Crippen LogP contribution in [-0.4, -0.2) is 51.8 Å². The summed E-state index contributed by atoms with van der Waals surface area (Å²) < 4.78 is 2.87. The van der Waals surface area contributed by atoms with Gasteiger partial charge in [0.25, 0.3) is 5.91 Å². The lowest BCUT2D eigenvalue weighted by molar-refractivity contribution is 0.0735. The molecule has 3 aromatic rings. The molecule has 0 N–H and O–H groups in total. The third-order valence-electron chi connectivity index (χ3n) is 4.73. The number of carbonyl (C=O) groups is 1. The Labute approximate surface area is 150 Å². The number of aryl methyl sites for hydroxylation is 2. The van der Waals surface area contributed by atoms with Crippen LogP contribution >= 0.6 is 11.3 Å². The van der Waals surface area contributed by atoms with Crippen LogP contribution in [0.1, 0.15) is 23.0 Å². The standard InChI is InChI=1S/C18H21N5OS/c1-3-13-4-5-14-16(12-13)25-18(20-14)23-10-8-22(9-11-23)17(24)15-6-7-19-21(15)2/h4-7,12H,3,8-11H2,1-2H3. The number of anilines is 1. The first-order valence-electron chi connectivity index (χ1n) is 8.57. The Kier molecular flexibility index (Phi) is 4.17. The number of thiazole rings is 1. The Morgan fingerprint density at radius 2 is 2.00 bits per heavy atom. The van der Waals surface area contributed by atoms with Gasteiger partial charge in [-0.3, -0.25) is 9.48 Å². The molecule has 1 aromatic carbocycles. The fraction of sp³-hybridized carbons (Fsp3) is 0.389. The van der Waals surface area contributed by atoms with Crippen molar-refractivity contribution in [3.8, 4) is 0 Å². The second-order valence-corrected chi connectivity index (χ2v) is 7.28. The van der Waals surface area contributed by atoms with Crippen LogP contribution in [0.4, 0.5) is 5.13 Å². The van der Waals surface area contributed by atoms with E-state index in [0.717, 1.165) is 30.2 Å². The van der Waals surface area contributed by atoms with E-state index in [9.17, 15) is 4.79 Å². The summed E-state index contributed by atoms with van der Waals surface area (Å²) >= 11 is 1.74. The highest BCUT2D eigenvalue weighted by molar-refractivity contribution is 7.22. The number of hydrogen-bond acceptors (Lipinski definition) is 5. The van der Waals surface area contributed by atoms with Gasteiger partial charge in [-0.15, -0.1) is 0 Å². The molecule has 0 spiro atoms. The number of rotatable bonds is 3. The summed E-state index contributed by atoms with van der Waals surface area (Å²) in [5, 5.41) is 5.14. The Bertz CT molecular complexity index is 907. The van der Waals surface area contributed by atoms with Crippen LogP contribution in [0.3, 0.4) is 0 Å². The number of amides is 1. The molecule has 1 fully saturated rings. The van der Waals surface area contributed by atoms with Gasteiger partial charge in [0.2, 0.25) is 0 Å². The third kappa shape index (κ3) is 3.00. The van der Waals surface area contributed by atoms with Crippen molar-refractivity contribution in [2.45, 2.75) is 13.3 Å². The summed E-state index contributed by atoms with van der Waals surface area (Å²) in [6, 6.07) is 8.26. The highest BCUT2D eigenvalue weighted by Gasteiger charge is 2.25. The molecule has 1 amide bonds. The Morgan fingerprint density at radius 3 is 2.68 bits per heavy atom. The fourth-order valence-electron chi connectivity index (χ4n) is 3.16. The van der Waals surface area contributed by atoms with E-state index < -0.39 is 0 Å². The lowest BCUT2D eigenvalue weighted by Crippen LogP contribution is -2.49. The Hall–Kier alpha value is -2.41. The van der Waals surface area contributed by atoms with Gasteiger partial charge < -0.3 is 9.80 Å². The van der Waals surface area contributed by atoms with Crippen molar-refractivity contribution in [3.63, 3.8) is 0 Å². The molecule has 6 nitrogen and oxygen atoms in total. The molecule has 0 bridgehead atoms. The molecule has 1 saturated heterocycles. The minimum absolute atomic E-state index is 0.0523. The van der Waals surface area contributed by atoms with Crippen LogP contribution in [0.15, 0.2) is 30.5 Å². The van der Waals surface area contributed by atoms with Gasteiger partial charge in [-0.1, -0.05) is 24.3 Å². The van der Waals surface area contributed by atoms with Crippen molar-refractivity contribution in [3.05, 3.63) is 41.7 Å². The number of nitrogens with zero attached hydrogens (tertiary/aromatic N) is 5. The number of benzene rings is 1. The molecule has 4 rings (SSSR count). The van der Waals surface area contributed by atoms with Crippen LogP contribution in [0, 0.1) is 0 Å². The lowest BCUT2D eigenvalue weighted by atomic mass is 10.2. The van der Waals surface area contributed by atoms with E-state index in [-0.39, 0.29) is 5.91 Å². The molecule has 2 aromatic heterocycles. The fourth-order valence-corrected chi connectivity index (χ4v) is 4.24. The first kappa shape index (κ1) is 16.1. The molecule has 0 saturated carbocycles. The van der Waals surface area contributed by atoms with Crippen molar-refractivity contribution in [1.29, 1.82) is 0 Å². The number of fused-ring (bicyclic) bond motifs is 1. The summed E-state index contributed by atoms with van der Waals surface area (Å²) in [6.45, 7) is 5.20. The maximum absolute atomic E-state index is 12.6. The highest BCUT2D eigenvalue weighted by Crippen LogP contribution is 2.30. The lowest BCUT2D eigenvalue weighted by Gasteiger charge is -2.34. The normalized spacial score (nSPS) is 15.1. The van der Waals surface area contributed by atoms with Gasteiger partial charge >= 0.3 is 0 Å².